The molecule has 1 aromatic carbocycles. The predicted molar refractivity (Wildman–Crippen MR) is 101 cm³/mol. The minimum Gasteiger partial charge on any atom is -0.442 e. The molecule has 150 valence electrons. The van der Waals surface area contributed by atoms with Crippen molar-refractivity contribution in [2.45, 2.75) is 32.4 Å². The minimum atomic E-state index is -0.559. The number of piperazine rings is 1. The molecule has 2 aliphatic heterocycles. The van der Waals surface area contributed by atoms with Crippen LogP contribution in [0.5, 0.6) is 0 Å². The number of hydrogen-bond donors (Lipinski definition) is 1. The van der Waals surface area contributed by atoms with Crippen LogP contribution in [0.4, 0.5) is 20.6 Å². The monoisotopic (exact) mass is 389 g/mol. The Morgan fingerprint density at radius 3 is 2.82 bits per heavy atom. The van der Waals surface area contributed by atoms with Gasteiger partial charge in [-0.3, -0.25) is 9.69 Å². The summed E-state index contributed by atoms with van der Waals surface area (Å²) < 4.78 is 20.1. The molecule has 0 spiro atoms. The van der Waals surface area contributed by atoms with Crippen LogP contribution in [0.3, 0.4) is 0 Å². The fraction of sp³-hybridized carbons (Fsp3) is 0.526. The Labute approximate surface area is 163 Å². The molecule has 1 aromatic rings. The van der Waals surface area contributed by atoms with Gasteiger partial charge < -0.3 is 19.9 Å². The first kappa shape index (κ1) is 19.7. The van der Waals surface area contributed by atoms with Gasteiger partial charge in [-0.25, -0.2) is 9.18 Å². The number of rotatable bonds is 5. The van der Waals surface area contributed by atoms with Crippen LogP contribution in [-0.2, 0) is 9.53 Å². The van der Waals surface area contributed by atoms with Gasteiger partial charge in [0.15, 0.2) is 6.19 Å². The molecular formula is C19H24FN5O3. The van der Waals surface area contributed by atoms with E-state index in [1.165, 1.54) is 17.9 Å². The lowest BCUT2D eigenvalue weighted by Gasteiger charge is -2.40. The van der Waals surface area contributed by atoms with E-state index in [0.717, 1.165) is 6.42 Å². The number of ether oxygens (including phenoxy) is 1. The fourth-order valence-corrected chi connectivity index (χ4v) is 3.61. The van der Waals surface area contributed by atoms with Crippen molar-refractivity contribution in [2.24, 2.45) is 0 Å². The van der Waals surface area contributed by atoms with E-state index in [4.69, 9.17) is 10.00 Å². The van der Waals surface area contributed by atoms with E-state index in [1.807, 2.05) is 11.8 Å². The van der Waals surface area contributed by atoms with Gasteiger partial charge in [-0.2, -0.15) is 5.26 Å². The average Bonchev–Trinajstić information content (AvgIpc) is 3.06. The van der Waals surface area contributed by atoms with Crippen LogP contribution in [0.25, 0.3) is 0 Å². The zero-order valence-corrected chi connectivity index (χ0v) is 16.0. The van der Waals surface area contributed by atoms with Crippen molar-refractivity contribution in [3.8, 4) is 6.19 Å². The number of amides is 2. The molecule has 28 heavy (non-hydrogen) atoms. The summed E-state index contributed by atoms with van der Waals surface area (Å²) in [5.41, 5.74) is 0.885. The summed E-state index contributed by atoms with van der Waals surface area (Å²) in [4.78, 5) is 28.2. The Balaban J connectivity index is 1.73. The number of nitrogens with zero attached hydrogens (tertiary/aromatic N) is 4. The molecule has 0 aliphatic carbocycles. The zero-order chi connectivity index (χ0) is 20.3. The van der Waals surface area contributed by atoms with Crippen LogP contribution in [-0.4, -0.2) is 61.8 Å². The smallest absolute Gasteiger partial charge is 0.414 e. The molecule has 0 aromatic heterocycles. The highest BCUT2D eigenvalue weighted by Crippen LogP contribution is 2.30. The largest absolute Gasteiger partial charge is 0.442 e. The van der Waals surface area contributed by atoms with Gasteiger partial charge in [0.25, 0.3) is 0 Å². The van der Waals surface area contributed by atoms with Gasteiger partial charge in [-0.1, -0.05) is 6.92 Å². The number of benzene rings is 1. The standard InChI is InChI=1S/C19H24FN5O3/c1-3-14-10-23(12-21)6-7-24(14)18-5-4-15(8-17(18)20)25-11-16(28-19(25)27)9-22-13(2)26/h4-5,8,14,16H,3,6-7,9-11H2,1-2H3,(H,22,26). The maximum atomic E-state index is 14.9. The van der Waals surface area contributed by atoms with Crippen molar-refractivity contribution in [1.29, 1.82) is 5.26 Å². The molecule has 2 aliphatic rings. The van der Waals surface area contributed by atoms with E-state index in [2.05, 4.69) is 11.5 Å². The van der Waals surface area contributed by atoms with E-state index in [-0.39, 0.29) is 25.0 Å². The average molecular weight is 389 g/mol. The maximum absolute atomic E-state index is 14.9. The van der Waals surface area contributed by atoms with Crippen LogP contribution >= 0.6 is 0 Å². The third kappa shape index (κ3) is 4.11. The van der Waals surface area contributed by atoms with Crippen molar-refractivity contribution in [3.63, 3.8) is 0 Å². The third-order valence-corrected chi connectivity index (χ3v) is 5.10. The van der Waals surface area contributed by atoms with Crippen LogP contribution < -0.4 is 15.1 Å². The normalized spacial score (nSPS) is 22.1. The first-order chi connectivity index (χ1) is 13.4. The molecule has 2 fully saturated rings. The van der Waals surface area contributed by atoms with Gasteiger partial charge in [-0.05, 0) is 24.6 Å². The van der Waals surface area contributed by atoms with E-state index < -0.39 is 18.0 Å². The van der Waals surface area contributed by atoms with Crippen LogP contribution in [0.15, 0.2) is 18.2 Å². The number of halogens is 1. The molecule has 3 rings (SSSR count). The van der Waals surface area contributed by atoms with Crippen molar-refractivity contribution < 1.29 is 18.7 Å². The Kier molecular flexibility index (Phi) is 5.87. The molecule has 2 unspecified atom stereocenters. The van der Waals surface area contributed by atoms with Crippen molar-refractivity contribution >= 4 is 23.4 Å². The van der Waals surface area contributed by atoms with Gasteiger partial charge in [0.05, 0.1) is 24.5 Å². The molecule has 9 heteroatoms. The number of nitrogens with one attached hydrogen (secondary N) is 1. The number of nitriles is 1. The molecule has 2 atom stereocenters. The maximum Gasteiger partial charge on any atom is 0.414 e. The predicted octanol–water partition coefficient (Wildman–Crippen LogP) is 1.67. The quantitative estimate of drug-likeness (QED) is 0.771. The summed E-state index contributed by atoms with van der Waals surface area (Å²) in [7, 11) is 0. The Hall–Kier alpha value is -3.02. The summed E-state index contributed by atoms with van der Waals surface area (Å²) in [6, 6.07) is 4.75. The molecule has 0 saturated carbocycles. The van der Waals surface area contributed by atoms with Gasteiger partial charge >= 0.3 is 6.09 Å². The van der Waals surface area contributed by atoms with Crippen LogP contribution in [0, 0.1) is 17.3 Å². The van der Waals surface area contributed by atoms with Crippen LogP contribution in [0.1, 0.15) is 20.3 Å². The first-order valence-corrected chi connectivity index (χ1v) is 9.36. The fourth-order valence-electron chi connectivity index (χ4n) is 3.61. The van der Waals surface area contributed by atoms with E-state index in [9.17, 15) is 14.0 Å². The highest BCUT2D eigenvalue weighted by molar-refractivity contribution is 5.90. The van der Waals surface area contributed by atoms with Crippen LogP contribution in [0.2, 0.25) is 0 Å². The number of anilines is 2. The van der Waals surface area contributed by atoms with Crippen molar-refractivity contribution in [3.05, 3.63) is 24.0 Å². The Morgan fingerprint density at radius 2 is 2.18 bits per heavy atom. The summed E-state index contributed by atoms with van der Waals surface area (Å²) in [5.74, 6) is -0.619. The molecular weight excluding hydrogens is 365 g/mol. The van der Waals surface area contributed by atoms with E-state index in [1.54, 1.807) is 17.0 Å². The zero-order valence-electron chi connectivity index (χ0n) is 16.0. The van der Waals surface area contributed by atoms with Crippen molar-refractivity contribution in [2.75, 3.05) is 42.5 Å². The van der Waals surface area contributed by atoms with E-state index >= 15 is 0 Å². The van der Waals surface area contributed by atoms with Gasteiger partial charge in [-0.15, -0.1) is 0 Å². The Bertz CT molecular complexity index is 796. The van der Waals surface area contributed by atoms with Gasteiger partial charge in [0.1, 0.15) is 11.9 Å². The Morgan fingerprint density at radius 1 is 1.39 bits per heavy atom. The molecule has 2 heterocycles. The molecule has 2 amide bonds. The SMILES string of the molecule is CCC1CN(C#N)CCN1c1ccc(N2CC(CNC(C)=O)OC2=O)cc1F. The number of carbonyl (C=O) groups excluding carboxylic acids is 2. The first-order valence-electron chi connectivity index (χ1n) is 9.36. The molecule has 0 bridgehead atoms. The molecule has 2 saturated heterocycles. The second-order valence-electron chi connectivity index (χ2n) is 6.99. The molecule has 8 nitrogen and oxygen atoms in total. The second-order valence-corrected chi connectivity index (χ2v) is 6.99. The lowest BCUT2D eigenvalue weighted by molar-refractivity contribution is -0.119. The van der Waals surface area contributed by atoms with Gasteiger partial charge in [0.2, 0.25) is 5.91 Å². The summed E-state index contributed by atoms with van der Waals surface area (Å²) in [5, 5.41) is 11.7. The molecule has 0 radical (unpaired) electrons. The summed E-state index contributed by atoms with van der Waals surface area (Å²) in [6.07, 6.45) is 1.92. The number of carbonyl (C=O) groups is 2. The third-order valence-electron chi connectivity index (χ3n) is 5.10. The lowest BCUT2D eigenvalue weighted by atomic mass is 10.1. The molecule has 1 N–H and O–H groups in total. The minimum absolute atomic E-state index is 0.0486. The number of hydrogen-bond acceptors (Lipinski definition) is 6. The second kappa shape index (κ2) is 8.33. The van der Waals surface area contributed by atoms with E-state index in [0.29, 0.717) is 31.0 Å². The highest BCUT2D eigenvalue weighted by atomic mass is 19.1. The van der Waals surface area contributed by atoms with Crippen molar-refractivity contribution in [1.82, 2.24) is 10.2 Å². The lowest BCUT2D eigenvalue weighted by Crippen LogP contribution is -2.51. The topological polar surface area (TPSA) is 88.9 Å². The van der Waals surface area contributed by atoms with Gasteiger partial charge in [0, 0.05) is 32.6 Å². The summed E-state index contributed by atoms with van der Waals surface area (Å²) >= 11 is 0. The highest BCUT2D eigenvalue weighted by Gasteiger charge is 2.33. The summed E-state index contributed by atoms with van der Waals surface area (Å²) in [6.45, 7) is 5.56. The number of cyclic esters (lactones) is 1.